The molecule has 1 aromatic rings. The second-order valence-corrected chi connectivity index (χ2v) is 5.19. The number of anilines is 1. The van der Waals surface area contributed by atoms with Crippen molar-refractivity contribution in [3.05, 3.63) is 12.4 Å². The van der Waals surface area contributed by atoms with Crippen LogP contribution < -0.4 is 10.1 Å². The van der Waals surface area contributed by atoms with E-state index in [0.29, 0.717) is 24.4 Å². The molecule has 0 radical (unpaired) electrons. The summed E-state index contributed by atoms with van der Waals surface area (Å²) in [4.78, 5) is 8.36. The molecule has 0 aliphatic heterocycles. The van der Waals surface area contributed by atoms with Gasteiger partial charge in [0.25, 0.3) is 0 Å². The lowest BCUT2D eigenvalue weighted by Gasteiger charge is -2.34. The lowest BCUT2D eigenvalue weighted by Crippen LogP contribution is -2.35. The van der Waals surface area contributed by atoms with Crippen LogP contribution in [0.5, 0.6) is 5.88 Å². The molecular weight excluding hydrogens is 226 g/mol. The lowest BCUT2D eigenvalue weighted by atomic mass is 9.78. The summed E-state index contributed by atoms with van der Waals surface area (Å²) in [7, 11) is 0. The number of aromatic nitrogens is 2. The van der Waals surface area contributed by atoms with Gasteiger partial charge in [0.2, 0.25) is 5.88 Å². The highest BCUT2D eigenvalue weighted by molar-refractivity contribution is 5.38. The molecule has 100 valence electrons. The van der Waals surface area contributed by atoms with Crippen LogP contribution in [-0.2, 0) is 0 Å². The fourth-order valence-electron chi connectivity index (χ4n) is 2.62. The Morgan fingerprint density at radius 3 is 2.94 bits per heavy atom. The van der Waals surface area contributed by atoms with Gasteiger partial charge in [-0.05, 0) is 25.2 Å². The number of hydrogen-bond donors (Lipinski definition) is 1. The first-order valence-corrected chi connectivity index (χ1v) is 6.92. The fourth-order valence-corrected chi connectivity index (χ4v) is 2.62. The van der Waals surface area contributed by atoms with Crippen LogP contribution in [0.25, 0.3) is 0 Å². The number of nitrogens with zero attached hydrogens (tertiary/aromatic N) is 2. The fraction of sp³-hybridized carbons (Fsp3) is 0.714. The number of rotatable bonds is 4. The summed E-state index contributed by atoms with van der Waals surface area (Å²) >= 11 is 0. The van der Waals surface area contributed by atoms with Crippen LogP contribution in [0, 0.1) is 11.8 Å². The van der Waals surface area contributed by atoms with E-state index in [-0.39, 0.29) is 0 Å². The number of ether oxygens (including phenoxy) is 1. The summed E-state index contributed by atoms with van der Waals surface area (Å²) < 4.78 is 5.39. The minimum Gasteiger partial charge on any atom is -0.478 e. The summed E-state index contributed by atoms with van der Waals surface area (Å²) in [6, 6.07) is 2.40. The van der Waals surface area contributed by atoms with E-state index in [1.54, 1.807) is 6.33 Å². The molecule has 1 aliphatic carbocycles. The molecule has 4 nitrogen and oxygen atoms in total. The Morgan fingerprint density at radius 2 is 2.17 bits per heavy atom. The molecule has 1 saturated carbocycles. The molecular formula is C14H23N3O. The van der Waals surface area contributed by atoms with Crippen LogP contribution in [0.3, 0.4) is 0 Å². The molecule has 0 amide bonds. The molecule has 1 aromatic heterocycles. The van der Waals surface area contributed by atoms with Crippen molar-refractivity contribution in [2.45, 2.75) is 46.1 Å². The molecule has 1 aliphatic rings. The normalized spacial score (nSPS) is 27.8. The van der Waals surface area contributed by atoms with Gasteiger partial charge >= 0.3 is 0 Å². The Balaban J connectivity index is 2.01. The number of nitrogens with one attached hydrogen (secondary N) is 1. The van der Waals surface area contributed by atoms with Crippen LogP contribution in [-0.4, -0.2) is 22.6 Å². The van der Waals surface area contributed by atoms with E-state index in [4.69, 9.17) is 4.74 Å². The predicted molar refractivity (Wildman–Crippen MR) is 72.8 cm³/mol. The molecule has 3 unspecified atom stereocenters. The molecule has 18 heavy (non-hydrogen) atoms. The van der Waals surface area contributed by atoms with Crippen molar-refractivity contribution in [2.75, 3.05) is 11.9 Å². The van der Waals surface area contributed by atoms with E-state index >= 15 is 0 Å². The molecule has 0 bridgehead atoms. The molecule has 3 atom stereocenters. The Bertz CT molecular complexity index is 383. The van der Waals surface area contributed by atoms with E-state index in [1.165, 1.54) is 19.3 Å². The molecule has 1 N–H and O–H groups in total. The minimum absolute atomic E-state index is 0.512. The highest BCUT2D eigenvalue weighted by Gasteiger charge is 2.27. The van der Waals surface area contributed by atoms with Crippen molar-refractivity contribution < 1.29 is 4.74 Å². The van der Waals surface area contributed by atoms with E-state index in [9.17, 15) is 0 Å². The van der Waals surface area contributed by atoms with Gasteiger partial charge < -0.3 is 10.1 Å². The van der Waals surface area contributed by atoms with Crippen LogP contribution in [0.2, 0.25) is 0 Å². The van der Waals surface area contributed by atoms with E-state index in [1.807, 2.05) is 13.0 Å². The summed E-state index contributed by atoms with van der Waals surface area (Å²) in [6.45, 7) is 7.25. The van der Waals surface area contributed by atoms with Gasteiger partial charge in [0.1, 0.15) is 12.1 Å². The van der Waals surface area contributed by atoms with Gasteiger partial charge in [-0.1, -0.05) is 26.7 Å². The average molecular weight is 249 g/mol. The summed E-state index contributed by atoms with van der Waals surface area (Å²) in [5.74, 6) is 2.99. The highest BCUT2D eigenvalue weighted by atomic mass is 16.5. The first-order valence-electron chi connectivity index (χ1n) is 6.92. The van der Waals surface area contributed by atoms with Gasteiger partial charge in [-0.2, -0.15) is 0 Å². The quantitative estimate of drug-likeness (QED) is 0.890. The molecule has 0 saturated heterocycles. The maximum Gasteiger partial charge on any atom is 0.218 e. The first-order chi connectivity index (χ1) is 8.70. The number of hydrogen-bond acceptors (Lipinski definition) is 4. The van der Waals surface area contributed by atoms with Crippen molar-refractivity contribution >= 4 is 5.82 Å². The maximum atomic E-state index is 5.39. The van der Waals surface area contributed by atoms with Crippen molar-refractivity contribution in [2.24, 2.45) is 11.8 Å². The topological polar surface area (TPSA) is 47.0 Å². The second kappa shape index (κ2) is 6.03. The van der Waals surface area contributed by atoms with Crippen molar-refractivity contribution in [1.82, 2.24) is 9.97 Å². The minimum atomic E-state index is 0.512. The summed E-state index contributed by atoms with van der Waals surface area (Å²) in [6.07, 6.45) is 5.42. The van der Waals surface area contributed by atoms with Gasteiger partial charge in [-0.25, -0.2) is 9.97 Å². The molecule has 4 heteroatoms. The Kier molecular flexibility index (Phi) is 4.39. The third-order valence-corrected chi connectivity index (χ3v) is 3.97. The molecule has 1 heterocycles. The van der Waals surface area contributed by atoms with Gasteiger partial charge in [0.15, 0.2) is 0 Å². The maximum absolute atomic E-state index is 5.39. The zero-order valence-electron chi connectivity index (χ0n) is 11.5. The largest absolute Gasteiger partial charge is 0.478 e. The third-order valence-electron chi connectivity index (χ3n) is 3.97. The molecule has 2 rings (SSSR count). The summed E-state index contributed by atoms with van der Waals surface area (Å²) in [5, 5.41) is 3.53. The van der Waals surface area contributed by atoms with Gasteiger partial charge in [-0.15, -0.1) is 0 Å². The highest BCUT2D eigenvalue weighted by Crippen LogP contribution is 2.31. The molecule has 0 spiro atoms. The second-order valence-electron chi connectivity index (χ2n) is 5.19. The molecule has 1 fully saturated rings. The van der Waals surface area contributed by atoms with Crippen molar-refractivity contribution in [3.63, 3.8) is 0 Å². The van der Waals surface area contributed by atoms with E-state index < -0.39 is 0 Å². The molecule has 0 aromatic carbocycles. The Hall–Kier alpha value is -1.32. The Morgan fingerprint density at radius 1 is 1.33 bits per heavy atom. The van der Waals surface area contributed by atoms with E-state index in [2.05, 4.69) is 29.1 Å². The SMILES string of the molecule is CCOc1cc(NC2CCCC(C)C2C)ncn1. The monoisotopic (exact) mass is 249 g/mol. The lowest BCUT2D eigenvalue weighted by molar-refractivity contribution is 0.252. The van der Waals surface area contributed by atoms with Crippen LogP contribution in [0.1, 0.15) is 40.0 Å². The Labute approximate surface area is 109 Å². The predicted octanol–water partition coefficient (Wildman–Crippen LogP) is 3.11. The van der Waals surface area contributed by atoms with Crippen molar-refractivity contribution in [3.8, 4) is 5.88 Å². The van der Waals surface area contributed by atoms with Crippen LogP contribution in [0.15, 0.2) is 12.4 Å². The van der Waals surface area contributed by atoms with E-state index in [0.717, 1.165) is 11.7 Å². The smallest absolute Gasteiger partial charge is 0.218 e. The van der Waals surface area contributed by atoms with Gasteiger partial charge in [0.05, 0.1) is 6.61 Å². The standard InChI is InChI=1S/C14H23N3O/c1-4-18-14-8-13(15-9-16-14)17-12-7-5-6-10(2)11(12)3/h8-12H,4-7H2,1-3H3,(H,15,16,17). The van der Waals surface area contributed by atoms with Crippen LogP contribution >= 0.6 is 0 Å². The van der Waals surface area contributed by atoms with Crippen molar-refractivity contribution in [1.29, 1.82) is 0 Å². The summed E-state index contributed by atoms with van der Waals surface area (Å²) in [5.41, 5.74) is 0. The zero-order valence-corrected chi connectivity index (χ0v) is 11.5. The average Bonchev–Trinajstić information content (AvgIpc) is 2.36. The van der Waals surface area contributed by atoms with Crippen LogP contribution in [0.4, 0.5) is 5.82 Å². The third kappa shape index (κ3) is 3.12. The first kappa shape index (κ1) is 13.1. The van der Waals surface area contributed by atoms with Gasteiger partial charge in [0, 0.05) is 12.1 Å². The zero-order chi connectivity index (χ0) is 13.0. The van der Waals surface area contributed by atoms with Gasteiger partial charge in [-0.3, -0.25) is 0 Å².